The zero-order chi connectivity index (χ0) is 16.1. The highest BCUT2D eigenvalue weighted by Gasteiger charge is 2.22. The van der Waals surface area contributed by atoms with Gasteiger partial charge in [-0.05, 0) is 37.7 Å². The molecular formula is C14H18F2N2O4. The Hall–Kier alpha value is -1.96. The summed E-state index contributed by atoms with van der Waals surface area (Å²) in [5.41, 5.74) is 0.0172. The van der Waals surface area contributed by atoms with E-state index in [0.717, 1.165) is 31.7 Å². The molecule has 1 aromatic carbocycles. The lowest BCUT2D eigenvalue weighted by molar-refractivity contribution is -0.386. The average molecular weight is 316 g/mol. The standard InChI is InChI=1S/C14H18F2N2O4/c15-14(16)22-13-7-11(5-6-12(13)18(20)21)17-10-3-1-9(8-19)2-4-10/h5-7,9-10,14,17,19H,1-4,8H2. The molecule has 0 atom stereocenters. The first kappa shape index (κ1) is 16.4. The maximum absolute atomic E-state index is 12.3. The zero-order valence-electron chi connectivity index (χ0n) is 11.9. The van der Waals surface area contributed by atoms with Crippen LogP contribution in [0.25, 0.3) is 0 Å². The third-order valence-corrected chi connectivity index (χ3v) is 3.85. The van der Waals surface area contributed by atoms with Crippen molar-refractivity contribution in [2.24, 2.45) is 5.92 Å². The number of ether oxygens (including phenoxy) is 1. The summed E-state index contributed by atoms with van der Waals surface area (Å²) >= 11 is 0. The van der Waals surface area contributed by atoms with Crippen LogP contribution < -0.4 is 10.1 Å². The van der Waals surface area contributed by atoms with Gasteiger partial charge in [-0.15, -0.1) is 0 Å². The number of nitro groups is 1. The summed E-state index contributed by atoms with van der Waals surface area (Å²) in [4.78, 5) is 10.1. The van der Waals surface area contributed by atoms with Gasteiger partial charge in [0.25, 0.3) is 0 Å². The van der Waals surface area contributed by atoms with Crippen LogP contribution in [0.3, 0.4) is 0 Å². The first-order valence-electron chi connectivity index (χ1n) is 7.10. The van der Waals surface area contributed by atoms with Crippen LogP contribution in [-0.2, 0) is 0 Å². The Balaban J connectivity index is 2.07. The van der Waals surface area contributed by atoms with Crippen molar-refractivity contribution in [3.05, 3.63) is 28.3 Å². The first-order valence-corrected chi connectivity index (χ1v) is 7.10. The van der Waals surface area contributed by atoms with Gasteiger partial charge in [0.05, 0.1) is 4.92 Å². The van der Waals surface area contributed by atoms with E-state index < -0.39 is 23.0 Å². The maximum Gasteiger partial charge on any atom is 0.387 e. The van der Waals surface area contributed by atoms with Gasteiger partial charge in [-0.1, -0.05) is 0 Å². The molecule has 0 heterocycles. The molecule has 0 aliphatic heterocycles. The Bertz CT molecular complexity index is 520. The van der Waals surface area contributed by atoms with Crippen LogP contribution in [0.15, 0.2) is 18.2 Å². The summed E-state index contributed by atoms with van der Waals surface area (Å²) in [6, 6.07) is 4.01. The van der Waals surface area contributed by atoms with Gasteiger partial charge < -0.3 is 15.2 Å². The number of anilines is 1. The molecule has 0 unspecified atom stereocenters. The van der Waals surface area contributed by atoms with Crippen LogP contribution in [0, 0.1) is 16.0 Å². The molecule has 1 aliphatic rings. The van der Waals surface area contributed by atoms with Gasteiger partial charge in [0.15, 0.2) is 0 Å². The van der Waals surface area contributed by atoms with Crippen molar-refractivity contribution in [3.8, 4) is 5.75 Å². The van der Waals surface area contributed by atoms with Gasteiger partial charge >= 0.3 is 12.3 Å². The van der Waals surface area contributed by atoms with Crippen molar-refractivity contribution < 1.29 is 23.5 Å². The summed E-state index contributed by atoms with van der Waals surface area (Å²) in [5, 5.41) is 23.1. The van der Waals surface area contributed by atoms with Gasteiger partial charge in [-0.2, -0.15) is 8.78 Å². The number of hydrogen-bond donors (Lipinski definition) is 2. The summed E-state index contributed by atoms with van der Waals surface area (Å²) in [6.07, 6.45) is 3.49. The van der Waals surface area contributed by atoms with E-state index in [9.17, 15) is 18.9 Å². The monoisotopic (exact) mass is 316 g/mol. The zero-order valence-corrected chi connectivity index (χ0v) is 11.9. The van der Waals surface area contributed by atoms with Crippen LogP contribution in [-0.4, -0.2) is 29.3 Å². The lowest BCUT2D eigenvalue weighted by Gasteiger charge is -2.28. The van der Waals surface area contributed by atoms with E-state index in [0.29, 0.717) is 11.6 Å². The van der Waals surface area contributed by atoms with Crippen molar-refractivity contribution in [2.75, 3.05) is 11.9 Å². The van der Waals surface area contributed by atoms with Gasteiger partial charge in [-0.25, -0.2) is 0 Å². The summed E-state index contributed by atoms with van der Waals surface area (Å²) in [7, 11) is 0. The lowest BCUT2D eigenvalue weighted by atomic mass is 9.86. The number of nitro benzene ring substituents is 1. The number of aliphatic hydroxyl groups is 1. The number of aliphatic hydroxyl groups excluding tert-OH is 1. The topological polar surface area (TPSA) is 84.6 Å². The second-order valence-corrected chi connectivity index (χ2v) is 5.36. The van der Waals surface area contributed by atoms with Crippen LogP contribution >= 0.6 is 0 Å². The van der Waals surface area contributed by atoms with Crippen LogP contribution in [0.2, 0.25) is 0 Å². The highest BCUT2D eigenvalue weighted by atomic mass is 19.3. The molecule has 0 bridgehead atoms. The van der Waals surface area contributed by atoms with Crippen molar-refractivity contribution in [3.63, 3.8) is 0 Å². The van der Waals surface area contributed by atoms with Crippen molar-refractivity contribution >= 4 is 11.4 Å². The fourth-order valence-electron chi connectivity index (χ4n) is 2.67. The molecule has 2 N–H and O–H groups in total. The Morgan fingerprint density at radius 1 is 1.36 bits per heavy atom. The molecule has 0 amide bonds. The van der Waals surface area contributed by atoms with Crippen molar-refractivity contribution in [1.29, 1.82) is 0 Å². The molecule has 0 spiro atoms. The van der Waals surface area contributed by atoms with Gasteiger partial charge in [-0.3, -0.25) is 10.1 Å². The van der Waals surface area contributed by atoms with Gasteiger partial charge in [0.2, 0.25) is 5.75 Å². The highest BCUT2D eigenvalue weighted by molar-refractivity contribution is 5.58. The Morgan fingerprint density at radius 3 is 2.59 bits per heavy atom. The minimum atomic E-state index is -3.12. The number of nitrogens with one attached hydrogen (secondary N) is 1. The molecule has 6 nitrogen and oxygen atoms in total. The molecule has 1 aliphatic carbocycles. The first-order chi connectivity index (χ1) is 10.5. The summed E-state index contributed by atoms with van der Waals surface area (Å²) in [5.74, 6) is -0.137. The van der Waals surface area contributed by atoms with E-state index in [-0.39, 0.29) is 12.6 Å². The number of benzene rings is 1. The molecule has 1 aromatic rings. The third-order valence-electron chi connectivity index (χ3n) is 3.85. The number of halogens is 2. The molecule has 22 heavy (non-hydrogen) atoms. The normalized spacial score (nSPS) is 21.6. The van der Waals surface area contributed by atoms with Crippen LogP contribution in [0.4, 0.5) is 20.2 Å². The van der Waals surface area contributed by atoms with E-state index >= 15 is 0 Å². The Kier molecular flexibility index (Phi) is 5.48. The predicted molar refractivity (Wildman–Crippen MR) is 76.2 cm³/mol. The molecule has 0 aromatic heterocycles. The smallest absolute Gasteiger partial charge is 0.387 e. The van der Waals surface area contributed by atoms with Crippen LogP contribution in [0.5, 0.6) is 5.75 Å². The minimum absolute atomic E-state index is 0.156. The molecule has 1 saturated carbocycles. The third kappa shape index (κ3) is 4.27. The van der Waals surface area contributed by atoms with E-state index in [1.807, 2.05) is 0 Å². The Labute approximate surface area is 126 Å². The SMILES string of the molecule is O=[N+]([O-])c1ccc(NC2CCC(CO)CC2)cc1OC(F)F. The number of hydrogen-bond acceptors (Lipinski definition) is 5. The fourth-order valence-corrected chi connectivity index (χ4v) is 2.67. The highest BCUT2D eigenvalue weighted by Crippen LogP contribution is 2.33. The van der Waals surface area contributed by atoms with Crippen molar-refractivity contribution in [1.82, 2.24) is 0 Å². The van der Waals surface area contributed by atoms with Gasteiger partial charge in [0, 0.05) is 30.5 Å². The molecule has 0 radical (unpaired) electrons. The molecule has 0 saturated heterocycles. The van der Waals surface area contributed by atoms with Crippen LogP contribution in [0.1, 0.15) is 25.7 Å². The number of nitrogens with zero attached hydrogens (tertiary/aromatic N) is 1. The van der Waals surface area contributed by atoms with Crippen molar-refractivity contribution in [2.45, 2.75) is 38.3 Å². The average Bonchev–Trinajstić information content (AvgIpc) is 2.47. The number of rotatable bonds is 6. The summed E-state index contributed by atoms with van der Waals surface area (Å²) in [6.45, 7) is -2.94. The Morgan fingerprint density at radius 2 is 2.05 bits per heavy atom. The maximum atomic E-state index is 12.3. The molecule has 122 valence electrons. The minimum Gasteiger partial charge on any atom is -0.427 e. The van der Waals surface area contributed by atoms with E-state index in [4.69, 9.17) is 5.11 Å². The fraction of sp³-hybridized carbons (Fsp3) is 0.571. The van der Waals surface area contributed by atoms with E-state index in [1.165, 1.54) is 12.1 Å². The molecule has 2 rings (SSSR count). The second-order valence-electron chi connectivity index (χ2n) is 5.36. The second kappa shape index (κ2) is 7.35. The quantitative estimate of drug-likeness (QED) is 0.622. The predicted octanol–water partition coefficient (Wildman–Crippen LogP) is 3.16. The largest absolute Gasteiger partial charge is 0.427 e. The number of alkyl halides is 2. The molecular weight excluding hydrogens is 298 g/mol. The molecule has 1 fully saturated rings. The summed E-state index contributed by atoms with van der Waals surface area (Å²) < 4.78 is 28.9. The van der Waals surface area contributed by atoms with Gasteiger partial charge in [0.1, 0.15) is 0 Å². The lowest BCUT2D eigenvalue weighted by Crippen LogP contribution is -2.27. The van der Waals surface area contributed by atoms with E-state index in [2.05, 4.69) is 10.1 Å². The van der Waals surface area contributed by atoms with E-state index in [1.54, 1.807) is 0 Å². The molecule has 8 heteroatoms.